The molecule has 1 aliphatic heterocycles. The van der Waals surface area contributed by atoms with E-state index in [-0.39, 0.29) is 17.7 Å². The second kappa shape index (κ2) is 9.35. The molecule has 2 atom stereocenters. The molecule has 1 aliphatic rings. The summed E-state index contributed by atoms with van der Waals surface area (Å²) in [4.78, 5) is 31.3. The van der Waals surface area contributed by atoms with Crippen LogP contribution in [0.1, 0.15) is 25.3 Å². The maximum absolute atomic E-state index is 13.2. The zero-order valence-electron chi connectivity index (χ0n) is 16.3. The normalized spacial score (nSPS) is 17.5. The molecule has 3 rings (SSSR count). The van der Waals surface area contributed by atoms with Crippen LogP contribution in [0.3, 0.4) is 0 Å². The number of nitrogens with one attached hydrogen (secondary N) is 1. The molecule has 2 aromatic rings. The number of aromatic nitrogens is 1. The summed E-state index contributed by atoms with van der Waals surface area (Å²) in [5.41, 5.74) is 1.01. The van der Waals surface area contributed by atoms with Crippen LogP contribution in [0.15, 0.2) is 41.0 Å². The number of carbonyl (C=O) groups is 2. The van der Waals surface area contributed by atoms with Gasteiger partial charge in [0.2, 0.25) is 5.91 Å². The van der Waals surface area contributed by atoms with Crippen molar-refractivity contribution in [3.8, 4) is 5.75 Å². The van der Waals surface area contributed by atoms with E-state index in [1.54, 1.807) is 24.1 Å². The van der Waals surface area contributed by atoms with Crippen LogP contribution in [0.2, 0.25) is 0 Å². The molecular weight excluding hydrogens is 441 g/mol. The highest BCUT2D eigenvalue weighted by Crippen LogP contribution is 2.27. The van der Waals surface area contributed by atoms with Gasteiger partial charge in [-0.2, -0.15) is 0 Å². The van der Waals surface area contributed by atoms with Gasteiger partial charge in [-0.25, -0.2) is 9.37 Å². The molecule has 1 fully saturated rings. The molecule has 0 bridgehead atoms. The third kappa shape index (κ3) is 5.53. The Morgan fingerprint density at radius 2 is 2.14 bits per heavy atom. The minimum absolute atomic E-state index is 0.145. The number of amides is 2. The quantitative estimate of drug-likeness (QED) is 0.728. The second-order valence-electron chi connectivity index (χ2n) is 7.17. The van der Waals surface area contributed by atoms with Crippen LogP contribution in [-0.2, 0) is 9.59 Å². The zero-order chi connectivity index (χ0) is 21.0. The average Bonchev–Trinajstić information content (AvgIpc) is 2.71. The van der Waals surface area contributed by atoms with Crippen molar-refractivity contribution in [3.05, 3.63) is 52.4 Å². The minimum Gasteiger partial charge on any atom is -0.480 e. The predicted molar refractivity (Wildman–Crippen MR) is 111 cm³/mol. The van der Waals surface area contributed by atoms with E-state index in [1.165, 1.54) is 18.2 Å². The Morgan fingerprint density at radius 1 is 1.34 bits per heavy atom. The van der Waals surface area contributed by atoms with Crippen molar-refractivity contribution in [1.82, 2.24) is 9.88 Å². The molecule has 0 spiro atoms. The van der Waals surface area contributed by atoms with Crippen LogP contribution in [0.4, 0.5) is 10.2 Å². The molecular formula is C21H23BrFN3O3. The van der Waals surface area contributed by atoms with Gasteiger partial charge in [-0.05, 0) is 72.4 Å². The third-order valence-corrected chi connectivity index (χ3v) is 5.43. The van der Waals surface area contributed by atoms with Crippen LogP contribution in [0.25, 0.3) is 0 Å². The predicted octanol–water partition coefficient (Wildman–Crippen LogP) is 3.94. The van der Waals surface area contributed by atoms with Crippen molar-refractivity contribution < 1.29 is 18.7 Å². The lowest BCUT2D eigenvalue weighted by atomic mass is 9.96. The molecule has 0 saturated carbocycles. The number of halogens is 2. The van der Waals surface area contributed by atoms with Gasteiger partial charge < -0.3 is 15.0 Å². The highest BCUT2D eigenvalue weighted by Gasteiger charge is 2.31. The fourth-order valence-electron chi connectivity index (χ4n) is 3.23. The lowest BCUT2D eigenvalue weighted by Crippen LogP contribution is -2.48. The number of piperidine rings is 1. The van der Waals surface area contributed by atoms with Crippen LogP contribution >= 0.6 is 15.9 Å². The third-order valence-electron chi connectivity index (χ3n) is 4.81. The van der Waals surface area contributed by atoms with Gasteiger partial charge in [0, 0.05) is 19.3 Å². The van der Waals surface area contributed by atoms with E-state index in [0.717, 1.165) is 12.0 Å². The second-order valence-corrected chi connectivity index (χ2v) is 8.02. The minimum atomic E-state index is -0.752. The molecule has 6 nitrogen and oxygen atoms in total. The average molecular weight is 464 g/mol. The van der Waals surface area contributed by atoms with Crippen LogP contribution < -0.4 is 10.1 Å². The number of hydrogen-bond donors (Lipinski definition) is 1. The highest BCUT2D eigenvalue weighted by atomic mass is 79.9. The number of hydrogen-bond acceptors (Lipinski definition) is 4. The maximum Gasteiger partial charge on any atom is 0.263 e. The van der Waals surface area contributed by atoms with Crippen molar-refractivity contribution in [3.63, 3.8) is 0 Å². The van der Waals surface area contributed by atoms with Gasteiger partial charge in [-0.1, -0.05) is 6.07 Å². The topological polar surface area (TPSA) is 71.5 Å². The molecule has 154 valence electrons. The molecule has 2 unspecified atom stereocenters. The lowest BCUT2D eigenvalue weighted by molar-refractivity contribution is -0.140. The van der Waals surface area contributed by atoms with E-state index >= 15 is 0 Å². The smallest absolute Gasteiger partial charge is 0.263 e. The molecule has 2 heterocycles. The lowest BCUT2D eigenvalue weighted by Gasteiger charge is -2.33. The number of pyridine rings is 1. The molecule has 0 aliphatic carbocycles. The zero-order valence-corrected chi connectivity index (χ0v) is 17.9. The van der Waals surface area contributed by atoms with Gasteiger partial charge in [-0.15, -0.1) is 0 Å². The van der Waals surface area contributed by atoms with Crippen molar-refractivity contribution >= 4 is 33.6 Å². The largest absolute Gasteiger partial charge is 0.480 e. The van der Waals surface area contributed by atoms with Crippen LogP contribution in [-0.4, -0.2) is 40.9 Å². The number of aryl methyl sites for hydroxylation is 1. The number of likely N-dealkylation sites (tertiary alicyclic amines) is 1. The Labute approximate surface area is 177 Å². The fraction of sp³-hybridized carbons (Fsp3) is 0.381. The summed E-state index contributed by atoms with van der Waals surface area (Å²) in [6.45, 7) is 4.48. The summed E-state index contributed by atoms with van der Waals surface area (Å²) in [6.07, 6.45) is 2.38. The number of anilines is 1. The molecule has 1 aromatic heterocycles. The van der Waals surface area contributed by atoms with Gasteiger partial charge in [0.05, 0.1) is 10.4 Å². The summed E-state index contributed by atoms with van der Waals surface area (Å²) in [6, 6.07) is 7.68. The fourth-order valence-corrected chi connectivity index (χ4v) is 3.67. The summed E-state index contributed by atoms with van der Waals surface area (Å²) < 4.78 is 19.4. The van der Waals surface area contributed by atoms with Crippen LogP contribution in [0, 0.1) is 18.7 Å². The summed E-state index contributed by atoms with van der Waals surface area (Å²) in [5, 5.41) is 2.82. The monoisotopic (exact) mass is 463 g/mol. The Morgan fingerprint density at radius 3 is 2.83 bits per heavy atom. The van der Waals surface area contributed by atoms with Crippen molar-refractivity contribution in [1.29, 1.82) is 0 Å². The number of carbonyl (C=O) groups excluding carboxylic acids is 2. The van der Waals surface area contributed by atoms with Gasteiger partial charge in [-0.3, -0.25) is 9.59 Å². The molecule has 29 heavy (non-hydrogen) atoms. The van der Waals surface area contributed by atoms with Crippen molar-refractivity contribution in [2.45, 2.75) is 32.8 Å². The van der Waals surface area contributed by atoms with E-state index in [4.69, 9.17) is 4.74 Å². The highest BCUT2D eigenvalue weighted by molar-refractivity contribution is 9.10. The molecule has 2 amide bonds. The molecule has 0 radical (unpaired) electrons. The number of nitrogens with zero attached hydrogens (tertiary/aromatic N) is 2. The summed E-state index contributed by atoms with van der Waals surface area (Å²) in [5.74, 6) is -0.150. The van der Waals surface area contributed by atoms with E-state index in [1.807, 2.05) is 13.0 Å². The Bertz CT molecular complexity index is 891. The number of ether oxygens (including phenoxy) is 1. The van der Waals surface area contributed by atoms with Gasteiger partial charge in [0.25, 0.3) is 5.91 Å². The van der Waals surface area contributed by atoms with Gasteiger partial charge in [0.15, 0.2) is 6.10 Å². The standard InChI is InChI=1S/C21H23BrFN3O3/c1-13-5-8-19(24-11-13)25-20(27)15-4-3-9-26(12-15)21(28)14(2)29-18-7-6-16(23)10-17(18)22/h5-8,10-11,14-15H,3-4,9,12H2,1-2H3,(H,24,25,27). The van der Waals surface area contributed by atoms with Gasteiger partial charge >= 0.3 is 0 Å². The Kier molecular flexibility index (Phi) is 6.84. The molecule has 1 N–H and O–H groups in total. The Hall–Kier alpha value is -2.48. The summed E-state index contributed by atoms with van der Waals surface area (Å²) >= 11 is 3.24. The summed E-state index contributed by atoms with van der Waals surface area (Å²) in [7, 11) is 0. The van der Waals surface area contributed by atoms with Crippen LogP contribution in [0.5, 0.6) is 5.75 Å². The number of benzene rings is 1. The first kappa shape index (κ1) is 21.2. The Balaban J connectivity index is 1.59. The maximum atomic E-state index is 13.2. The van der Waals surface area contributed by atoms with Gasteiger partial charge in [0.1, 0.15) is 17.4 Å². The molecule has 8 heteroatoms. The SMILES string of the molecule is Cc1ccc(NC(=O)C2CCCN(C(=O)C(C)Oc3ccc(F)cc3Br)C2)nc1. The van der Waals surface area contributed by atoms with E-state index in [2.05, 4.69) is 26.2 Å². The van der Waals surface area contributed by atoms with Crippen molar-refractivity contribution in [2.75, 3.05) is 18.4 Å². The van der Waals surface area contributed by atoms with E-state index < -0.39 is 11.9 Å². The molecule has 1 saturated heterocycles. The number of rotatable bonds is 5. The first-order chi connectivity index (χ1) is 13.8. The molecule has 1 aromatic carbocycles. The van der Waals surface area contributed by atoms with Crippen molar-refractivity contribution in [2.24, 2.45) is 5.92 Å². The first-order valence-electron chi connectivity index (χ1n) is 9.47. The van der Waals surface area contributed by atoms with E-state index in [9.17, 15) is 14.0 Å². The first-order valence-corrected chi connectivity index (χ1v) is 10.3. The van der Waals surface area contributed by atoms with E-state index in [0.29, 0.717) is 35.6 Å².